The van der Waals surface area contributed by atoms with Gasteiger partial charge in [0.25, 0.3) is 0 Å². The van der Waals surface area contributed by atoms with Crippen molar-refractivity contribution in [2.45, 2.75) is 40.0 Å². The molecule has 2 saturated carbocycles. The zero-order valence-electron chi connectivity index (χ0n) is 12.8. The number of para-hydroxylation sites is 2. The molecule has 0 unspecified atom stereocenters. The summed E-state index contributed by atoms with van der Waals surface area (Å²) in [6.45, 7) is 7.12. The SMILES string of the molecule is CC1(C)[C@H]2CC[C@]1(C)/C(=N/Nc1nc3ccccc3o1)C2. The summed E-state index contributed by atoms with van der Waals surface area (Å²) in [6.07, 6.45) is 3.65. The van der Waals surface area contributed by atoms with Crippen molar-refractivity contribution in [3.05, 3.63) is 24.3 Å². The van der Waals surface area contributed by atoms with Crippen molar-refractivity contribution in [3.8, 4) is 0 Å². The third-order valence-electron chi connectivity index (χ3n) is 6.09. The van der Waals surface area contributed by atoms with Crippen molar-refractivity contribution in [2.24, 2.45) is 21.8 Å². The minimum Gasteiger partial charge on any atom is -0.422 e. The molecule has 4 rings (SSSR count). The molecular formula is C17H21N3O. The average molecular weight is 283 g/mol. The Morgan fingerprint density at radius 3 is 2.76 bits per heavy atom. The third-order valence-corrected chi connectivity index (χ3v) is 6.09. The molecule has 1 heterocycles. The Morgan fingerprint density at radius 1 is 1.29 bits per heavy atom. The van der Waals surface area contributed by atoms with Crippen LogP contribution >= 0.6 is 0 Å². The van der Waals surface area contributed by atoms with Gasteiger partial charge in [0.15, 0.2) is 5.58 Å². The van der Waals surface area contributed by atoms with E-state index in [2.05, 4.69) is 36.3 Å². The largest absolute Gasteiger partial charge is 0.422 e. The van der Waals surface area contributed by atoms with Gasteiger partial charge in [0.1, 0.15) is 5.52 Å². The van der Waals surface area contributed by atoms with Crippen molar-refractivity contribution >= 4 is 22.8 Å². The van der Waals surface area contributed by atoms with E-state index in [0.29, 0.717) is 11.4 Å². The third kappa shape index (κ3) is 1.68. The van der Waals surface area contributed by atoms with Gasteiger partial charge in [-0.2, -0.15) is 10.1 Å². The van der Waals surface area contributed by atoms with Crippen molar-refractivity contribution in [3.63, 3.8) is 0 Å². The summed E-state index contributed by atoms with van der Waals surface area (Å²) < 4.78 is 5.66. The van der Waals surface area contributed by atoms with Gasteiger partial charge in [-0.3, -0.25) is 0 Å². The van der Waals surface area contributed by atoms with Crippen LogP contribution in [0.2, 0.25) is 0 Å². The van der Waals surface area contributed by atoms with Gasteiger partial charge in [0, 0.05) is 11.1 Å². The number of aromatic nitrogens is 1. The molecule has 2 aliphatic rings. The van der Waals surface area contributed by atoms with Crippen molar-refractivity contribution in [1.82, 2.24) is 4.98 Å². The molecule has 0 spiro atoms. The van der Waals surface area contributed by atoms with Crippen molar-refractivity contribution in [2.75, 3.05) is 5.43 Å². The van der Waals surface area contributed by atoms with Crippen molar-refractivity contribution in [1.29, 1.82) is 0 Å². The lowest BCUT2D eigenvalue weighted by atomic mass is 9.70. The van der Waals surface area contributed by atoms with Crippen LogP contribution in [0.5, 0.6) is 0 Å². The molecule has 110 valence electrons. The summed E-state index contributed by atoms with van der Waals surface area (Å²) in [5, 5.41) is 4.65. The Morgan fingerprint density at radius 2 is 2.10 bits per heavy atom. The predicted molar refractivity (Wildman–Crippen MR) is 84.3 cm³/mol. The fourth-order valence-corrected chi connectivity index (χ4v) is 4.13. The first kappa shape index (κ1) is 12.9. The second kappa shape index (κ2) is 4.09. The van der Waals surface area contributed by atoms with Crippen LogP contribution in [0.1, 0.15) is 40.0 Å². The minimum absolute atomic E-state index is 0.205. The maximum Gasteiger partial charge on any atom is 0.316 e. The van der Waals surface area contributed by atoms with Gasteiger partial charge in [-0.15, -0.1) is 0 Å². The maximum atomic E-state index is 5.66. The zero-order valence-corrected chi connectivity index (χ0v) is 12.8. The first-order valence-electron chi connectivity index (χ1n) is 7.69. The van der Waals surface area contributed by atoms with E-state index in [4.69, 9.17) is 4.42 Å². The van der Waals surface area contributed by atoms with E-state index in [1.165, 1.54) is 18.6 Å². The van der Waals surface area contributed by atoms with Gasteiger partial charge in [-0.25, -0.2) is 5.43 Å². The highest BCUT2D eigenvalue weighted by Gasteiger charge is 2.59. The van der Waals surface area contributed by atoms with E-state index in [1.807, 2.05) is 24.3 Å². The Kier molecular flexibility index (Phi) is 2.51. The number of nitrogens with zero attached hydrogens (tertiary/aromatic N) is 2. The van der Waals surface area contributed by atoms with E-state index in [-0.39, 0.29) is 5.41 Å². The zero-order chi connectivity index (χ0) is 14.7. The molecule has 2 aliphatic carbocycles. The van der Waals surface area contributed by atoms with Crippen LogP contribution in [0.25, 0.3) is 11.1 Å². The fourth-order valence-electron chi connectivity index (χ4n) is 4.13. The molecule has 1 aromatic heterocycles. The predicted octanol–water partition coefficient (Wildman–Crippen LogP) is 4.44. The normalized spacial score (nSPS) is 32.1. The van der Waals surface area contributed by atoms with E-state index >= 15 is 0 Å². The number of fused-ring (bicyclic) bond motifs is 3. The second-order valence-electron chi connectivity index (χ2n) is 7.15. The van der Waals surface area contributed by atoms with E-state index in [9.17, 15) is 0 Å². The summed E-state index contributed by atoms with van der Waals surface area (Å²) in [5.41, 5.74) is 6.50. The lowest BCUT2D eigenvalue weighted by Crippen LogP contribution is -2.32. The molecule has 0 radical (unpaired) electrons. The molecule has 0 amide bonds. The van der Waals surface area contributed by atoms with Gasteiger partial charge in [-0.1, -0.05) is 32.9 Å². The number of hydrogen-bond donors (Lipinski definition) is 1. The first-order chi connectivity index (χ1) is 10.0. The quantitative estimate of drug-likeness (QED) is 0.829. The number of benzene rings is 1. The Balaban J connectivity index is 1.62. The maximum absolute atomic E-state index is 5.66. The number of rotatable bonds is 2. The summed E-state index contributed by atoms with van der Waals surface area (Å²) in [7, 11) is 0. The second-order valence-corrected chi connectivity index (χ2v) is 7.15. The molecule has 0 saturated heterocycles. The lowest BCUT2D eigenvalue weighted by molar-refractivity contribution is 0.194. The molecular weight excluding hydrogens is 262 g/mol. The smallest absolute Gasteiger partial charge is 0.316 e. The number of hydrazone groups is 1. The highest BCUT2D eigenvalue weighted by Crippen LogP contribution is 2.63. The lowest BCUT2D eigenvalue weighted by Gasteiger charge is -2.34. The van der Waals surface area contributed by atoms with E-state index in [1.54, 1.807) is 0 Å². The van der Waals surface area contributed by atoms with Crippen LogP contribution in [0, 0.1) is 16.7 Å². The highest BCUT2D eigenvalue weighted by molar-refractivity contribution is 5.94. The average Bonchev–Trinajstić information content (AvgIpc) is 3.02. The Labute approximate surface area is 124 Å². The molecule has 4 heteroatoms. The highest BCUT2D eigenvalue weighted by atomic mass is 16.4. The molecule has 21 heavy (non-hydrogen) atoms. The van der Waals surface area contributed by atoms with Crippen LogP contribution in [0.15, 0.2) is 33.8 Å². The molecule has 2 fully saturated rings. The van der Waals surface area contributed by atoms with Gasteiger partial charge < -0.3 is 4.42 Å². The summed E-state index contributed by atoms with van der Waals surface area (Å²) in [5.74, 6) is 0.756. The number of nitrogens with one attached hydrogen (secondary N) is 1. The van der Waals surface area contributed by atoms with Gasteiger partial charge in [0.05, 0.1) is 0 Å². The summed E-state index contributed by atoms with van der Waals surface area (Å²) in [4.78, 5) is 4.41. The molecule has 2 aromatic rings. The van der Waals surface area contributed by atoms with Crippen LogP contribution in [-0.4, -0.2) is 10.7 Å². The molecule has 0 aliphatic heterocycles. The number of hydrogen-bond acceptors (Lipinski definition) is 4. The fraction of sp³-hybridized carbons (Fsp3) is 0.529. The Bertz CT molecular complexity index is 697. The van der Waals surface area contributed by atoms with Gasteiger partial charge in [-0.05, 0) is 42.7 Å². The van der Waals surface area contributed by atoms with Gasteiger partial charge >= 0.3 is 6.01 Å². The van der Waals surface area contributed by atoms with Crippen LogP contribution in [0.3, 0.4) is 0 Å². The van der Waals surface area contributed by atoms with Crippen LogP contribution < -0.4 is 5.43 Å². The molecule has 2 bridgehead atoms. The molecule has 2 atom stereocenters. The summed E-state index contributed by atoms with van der Waals surface area (Å²) >= 11 is 0. The first-order valence-corrected chi connectivity index (χ1v) is 7.69. The number of anilines is 1. The van der Waals surface area contributed by atoms with E-state index < -0.39 is 0 Å². The monoisotopic (exact) mass is 283 g/mol. The minimum atomic E-state index is 0.205. The van der Waals surface area contributed by atoms with Crippen LogP contribution in [0.4, 0.5) is 6.01 Å². The van der Waals surface area contributed by atoms with Crippen molar-refractivity contribution < 1.29 is 4.42 Å². The molecule has 1 N–H and O–H groups in total. The number of oxazole rings is 1. The van der Waals surface area contributed by atoms with Crippen LogP contribution in [-0.2, 0) is 0 Å². The molecule has 4 nitrogen and oxygen atoms in total. The Hall–Kier alpha value is -1.84. The van der Waals surface area contributed by atoms with Gasteiger partial charge in [0.2, 0.25) is 0 Å². The molecule has 1 aromatic carbocycles. The standard InChI is InChI=1S/C17H21N3O/c1-16(2)11-8-9-17(16,3)14(10-11)19-20-15-18-12-6-4-5-7-13(12)21-15/h4-7,11H,8-10H2,1-3H3,(H,18,20)/b19-14+/t11-,17+/m0/s1. The topological polar surface area (TPSA) is 50.4 Å². The van der Waals surface area contributed by atoms with E-state index in [0.717, 1.165) is 23.4 Å². The summed E-state index contributed by atoms with van der Waals surface area (Å²) in [6, 6.07) is 8.25.